The van der Waals surface area contributed by atoms with Crippen molar-refractivity contribution in [1.82, 2.24) is 10.6 Å². The van der Waals surface area contributed by atoms with E-state index in [0.29, 0.717) is 12.6 Å². The molecule has 7 heteroatoms. The van der Waals surface area contributed by atoms with Crippen molar-refractivity contribution in [3.8, 4) is 0 Å². The predicted octanol–water partition coefficient (Wildman–Crippen LogP) is 3.82. The van der Waals surface area contributed by atoms with Gasteiger partial charge in [-0.25, -0.2) is 0 Å². The second kappa shape index (κ2) is 9.98. The van der Waals surface area contributed by atoms with E-state index in [9.17, 15) is 4.79 Å². The zero-order valence-electron chi connectivity index (χ0n) is 17.6. The molecule has 1 aliphatic carbocycles. The fraction of sp³-hybridized carbons (Fsp3) is 0.478. The number of anilines is 2. The maximum Gasteiger partial charge on any atom is 0.227 e. The van der Waals surface area contributed by atoms with Gasteiger partial charge in [0.15, 0.2) is 5.96 Å². The molecule has 0 bridgehead atoms. The van der Waals surface area contributed by atoms with Crippen molar-refractivity contribution < 1.29 is 4.79 Å². The predicted molar refractivity (Wildman–Crippen MR) is 125 cm³/mol. The molecule has 0 atom stereocenters. The van der Waals surface area contributed by atoms with Gasteiger partial charge in [0.25, 0.3) is 0 Å². The smallest absolute Gasteiger partial charge is 0.227 e. The molecular weight excluding hydrogens is 394 g/mol. The fourth-order valence-corrected chi connectivity index (χ4v) is 4.73. The van der Waals surface area contributed by atoms with Crippen LogP contribution in [-0.2, 0) is 11.3 Å². The molecule has 1 saturated carbocycles. The van der Waals surface area contributed by atoms with Gasteiger partial charge in [0, 0.05) is 44.3 Å². The summed E-state index contributed by atoms with van der Waals surface area (Å²) in [5.41, 5.74) is 1.99. The van der Waals surface area contributed by atoms with Crippen molar-refractivity contribution in [2.45, 2.75) is 44.7 Å². The highest BCUT2D eigenvalue weighted by Crippen LogP contribution is 2.28. The molecule has 1 saturated heterocycles. The molecule has 160 valence electrons. The maximum absolute atomic E-state index is 12.2. The molecule has 2 aliphatic rings. The topological polar surface area (TPSA) is 68.8 Å². The average molecular weight is 426 g/mol. The molecule has 1 aliphatic heterocycles. The number of amides is 1. The first-order valence-corrected chi connectivity index (χ1v) is 11.7. The highest BCUT2D eigenvalue weighted by molar-refractivity contribution is 7.14. The molecule has 2 fully saturated rings. The number of piperidine rings is 1. The first-order chi connectivity index (χ1) is 14.7. The van der Waals surface area contributed by atoms with Crippen LogP contribution in [0.25, 0.3) is 0 Å². The summed E-state index contributed by atoms with van der Waals surface area (Å²) in [6.07, 6.45) is 5.40. The molecule has 1 aromatic heterocycles. The zero-order chi connectivity index (χ0) is 20.8. The lowest BCUT2D eigenvalue weighted by Gasteiger charge is -2.33. The molecular formula is C23H31N5OS. The maximum atomic E-state index is 12.2. The van der Waals surface area contributed by atoms with Crippen molar-refractivity contribution in [1.29, 1.82) is 0 Å². The van der Waals surface area contributed by atoms with Crippen LogP contribution < -0.4 is 20.9 Å². The van der Waals surface area contributed by atoms with Crippen LogP contribution in [0.1, 0.15) is 37.7 Å². The lowest BCUT2D eigenvalue weighted by molar-refractivity contribution is -0.122. The largest absolute Gasteiger partial charge is 0.363 e. The van der Waals surface area contributed by atoms with Gasteiger partial charge in [-0.3, -0.25) is 9.79 Å². The van der Waals surface area contributed by atoms with Gasteiger partial charge in [-0.2, -0.15) is 0 Å². The molecule has 4 rings (SSSR count). The number of carbonyl (C=O) groups excluding carboxylic acids is 1. The van der Waals surface area contributed by atoms with Gasteiger partial charge in [0.1, 0.15) is 0 Å². The molecule has 0 spiro atoms. The van der Waals surface area contributed by atoms with Gasteiger partial charge in [-0.1, -0.05) is 18.6 Å². The molecule has 6 nitrogen and oxygen atoms in total. The summed E-state index contributed by atoms with van der Waals surface area (Å²) in [6.45, 7) is 2.80. The number of nitrogens with zero attached hydrogens (tertiary/aromatic N) is 2. The normalized spacial score (nSPS) is 18.0. The Morgan fingerprint density at radius 3 is 2.67 bits per heavy atom. The molecule has 30 heavy (non-hydrogen) atoms. The lowest BCUT2D eigenvalue weighted by atomic mass is 9.85. The molecule has 1 aromatic carbocycles. The quantitative estimate of drug-likeness (QED) is 0.486. The summed E-state index contributed by atoms with van der Waals surface area (Å²) in [6, 6.07) is 12.8. The van der Waals surface area contributed by atoms with E-state index in [1.807, 2.05) is 36.6 Å². The Labute approximate surface area is 182 Å². The number of benzene rings is 1. The van der Waals surface area contributed by atoms with E-state index >= 15 is 0 Å². The number of hydrogen-bond donors (Lipinski definition) is 3. The minimum atomic E-state index is 0.151. The number of thiophene rings is 1. The van der Waals surface area contributed by atoms with Gasteiger partial charge in [-0.05, 0) is 60.9 Å². The second-order valence-electron chi connectivity index (χ2n) is 8.10. The Bertz CT molecular complexity index is 854. The summed E-state index contributed by atoms with van der Waals surface area (Å²) >= 11 is 1.81. The highest BCUT2D eigenvalue weighted by atomic mass is 32.1. The number of hydrogen-bond acceptors (Lipinski definition) is 4. The van der Waals surface area contributed by atoms with E-state index in [4.69, 9.17) is 0 Å². The van der Waals surface area contributed by atoms with E-state index < -0.39 is 0 Å². The van der Waals surface area contributed by atoms with Crippen LogP contribution in [0.5, 0.6) is 0 Å². The van der Waals surface area contributed by atoms with E-state index in [2.05, 4.69) is 49.4 Å². The van der Waals surface area contributed by atoms with Gasteiger partial charge >= 0.3 is 0 Å². The van der Waals surface area contributed by atoms with Crippen LogP contribution in [0.15, 0.2) is 46.8 Å². The van der Waals surface area contributed by atoms with Crippen LogP contribution >= 0.6 is 11.3 Å². The van der Waals surface area contributed by atoms with Crippen molar-refractivity contribution in [2.24, 2.45) is 10.9 Å². The van der Waals surface area contributed by atoms with E-state index in [1.54, 1.807) is 0 Å². The molecule has 2 heterocycles. The standard InChI is InChI=1S/C23H31N5OS/c1-24-23(27-19-10-12-28(13-11-19)21-9-4-14-30-21)25-16-17-5-2-8-20(15-17)26-22(29)18-6-3-7-18/h2,4-5,8-9,14-15,18-19H,3,6-7,10-13,16H2,1H3,(H,26,29)(H2,24,25,27). The molecule has 3 N–H and O–H groups in total. The van der Waals surface area contributed by atoms with Crippen LogP contribution in [-0.4, -0.2) is 38.0 Å². The molecule has 2 aromatic rings. The summed E-state index contributed by atoms with van der Waals surface area (Å²) in [5, 5.41) is 13.5. The number of nitrogens with one attached hydrogen (secondary N) is 3. The average Bonchev–Trinajstić information content (AvgIpc) is 3.25. The highest BCUT2D eigenvalue weighted by Gasteiger charge is 2.25. The van der Waals surface area contributed by atoms with Crippen LogP contribution in [0.4, 0.5) is 10.7 Å². The summed E-state index contributed by atoms with van der Waals surface area (Å²) < 4.78 is 0. The van der Waals surface area contributed by atoms with Crippen LogP contribution in [0, 0.1) is 5.92 Å². The lowest BCUT2D eigenvalue weighted by Crippen LogP contribution is -2.48. The minimum absolute atomic E-state index is 0.151. The number of carbonyl (C=O) groups is 1. The van der Waals surface area contributed by atoms with E-state index in [0.717, 1.165) is 56.0 Å². The van der Waals surface area contributed by atoms with Crippen LogP contribution in [0.2, 0.25) is 0 Å². The van der Waals surface area contributed by atoms with Crippen molar-refractivity contribution in [3.05, 3.63) is 47.3 Å². The van der Waals surface area contributed by atoms with E-state index in [-0.39, 0.29) is 11.8 Å². The van der Waals surface area contributed by atoms with Gasteiger partial charge in [0.2, 0.25) is 5.91 Å². The Kier molecular flexibility index (Phi) is 6.89. The number of aliphatic imine (C=N–C) groups is 1. The van der Waals surface area contributed by atoms with Crippen LogP contribution in [0.3, 0.4) is 0 Å². The second-order valence-corrected chi connectivity index (χ2v) is 9.03. The molecule has 0 unspecified atom stereocenters. The van der Waals surface area contributed by atoms with Crippen molar-refractivity contribution in [2.75, 3.05) is 30.4 Å². The first kappa shape index (κ1) is 20.7. The van der Waals surface area contributed by atoms with Gasteiger partial charge in [-0.15, -0.1) is 11.3 Å². The van der Waals surface area contributed by atoms with E-state index in [1.165, 1.54) is 11.4 Å². The van der Waals surface area contributed by atoms with Gasteiger partial charge in [0.05, 0.1) is 5.00 Å². The number of rotatable bonds is 6. The number of guanidine groups is 1. The van der Waals surface area contributed by atoms with Crippen molar-refractivity contribution >= 4 is 33.9 Å². The third kappa shape index (κ3) is 5.33. The monoisotopic (exact) mass is 425 g/mol. The summed E-state index contributed by atoms with van der Waals surface area (Å²) in [5.74, 6) is 1.17. The minimum Gasteiger partial charge on any atom is -0.363 e. The first-order valence-electron chi connectivity index (χ1n) is 10.9. The Morgan fingerprint density at radius 2 is 2.00 bits per heavy atom. The van der Waals surface area contributed by atoms with Crippen molar-refractivity contribution in [3.63, 3.8) is 0 Å². The van der Waals surface area contributed by atoms with Gasteiger partial charge < -0.3 is 20.9 Å². The summed E-state index contributed by atoms with van der Waals surface area (Å²) in [7, 11) is 1.81. The third-order valence-electron chi connectivity index (χ3n) is 6.01. The third-order valence-corrected chi connectivity index (χ3v) is 6.94. The molecule has 1 amide bonds. The Balaban J connectivity index is 1.23. The SMILES string of the molecule is CN=C(NCc1cccc(NC(=O)C2CCC2)c1)NC1CCN(c2cccs2)CC1. The fourth-order valence-electron chi connectivity index (χ4n) is 3.94. The zero-order valence-corrected chi connectivity index (χ0v) is 18.4. The Morgan fingerprint density at radius 1 is 1.17 bits per heavy atom. The summed E-state index contributed by atoms with van der Waals surface area (Å²) in [4.78, 5) is 19.0. The Hall–Kier alpha value is -2.54. The molecule has 0 radical (unpaired) electrons.